The maximum Gasteiger partial charge on any atom is 0.228 e. The number of aromatic amines is 1. The second-order valence-electron chi connectivity index (χ2n) is 3.95. The van der Waals surface area contributed by atoms with Crippen molar-refractivity contribution >= 4 is 24.1 Å². The van der Waals surface area contributed by atoms with Gasteiger partial charge in [0.15, 0.2) is 5.82 Å². The minimum Gasteiger partial charge on any atom is -0.317 e. The third kappa shape index (κ3) is 3.21. The van der Waals surface area contributed by atoms with Crippen molar-refractivity contribution < 1.29 is 4.79 Å². The van der Waals surface area contributed by atoms with E-state index in [4.69, 9.17) is 0 Å². The van der Waals surface area contributed by atoms with Crippen molar-refractivity contribution in [3.05, 3.63) is 11.8 Å². The van der Waals surface area contributed by atoms with Crippen LogP contribution in [0.15, 0.2) is 6.07 Å². The third-order valence-electron chi connectivity index (χ3n) is 2.67. The monoisotopic (exact) mass is 244 g/mol. The number of aryl methyl sites for hydroxylation is 1. The van der Waals surface area contributed by atoms with Crippen LogP contribution in [0.25, 0.3) is 0 Å². The van der Waals surface area contributed by atoms with E-state index in [-0.39, 0.29) is 24.2 Å². The summed E-state index contributed by atoms with van der Waals surface area (Å²) in [6.45, 7) is 3.77. The lowest BCUT2D eigenvalue weighted by Crippen LogP contribution is -2.34. The van der Waals surface area contributed by atoms with E-state index in [9.17, 15) is 4.79 Å². The van der Waals surface area contributed by atoms with Gasteiger partial charge in [0.05, 0.1) is 0 Å². The van der Waals surface area contributed by atoms with Crippen LogP contribution in [0.3, 0.4) is 0 Å². The van der Waals surface area contributed by atoms with Gasteiger partial charge < -0.3 is 10.6 Å². The Labute approximate surface area is 101 Å². The molecule has 0 radical (unpaired) electrons. The van der Waals surface area contributed by atoms with Crippen LogP contribution < -0.4 is 10.6 Å². The van der Waals surface area contributed by atoms with E-state index in [0.717, 1.165) is 31.6 Å². The lowest BCUT2D eigenvalue weighted by molar-refractivity contribution is -0.120. The summed E-state index contributed by atoms with van der Waals surface area (Å²) in [5.74, 6) is 0.835. The summed E-state index contributed by atoms with van der Waals surface area (Å²) >= 11 is 0. The van der Waals surface area contributed by atoms with Crippen LogP contribution in [-0.4, -0.2) is 29.2 Å². The van der Waals surface area contributed by atoms with Crippen molar-refractivity contribution in [1.82, 2.24) is 15.5 Å². The molecule has 0 unspecified atom stereocenters. The fraction of sp³-hybridized carbons (Fsp3) is 0.600. The molecule has 6 heteroatoms. The average Bonchev–Trinajstić information content (AvgIpc) is 2.65. The SMILES string of the molecule is Cc1cc(NC(=O)C2CCNCC2)n[nH]1.Cl. The second-order valence-corrected chi connectivity index (χ2v) is 3.95. The molecule has 0 bridgehead atoms. The van der Waals surface area contributed by atoms with Gasteiger partial charge in [0, 0.05) is 17.7 Å². The predicted octanol–water partition coefficient (Wildman–Crippen LogP) is 1.08. The summed E-state index contributed by atoms with van der Waals surface area (Å²) < 4.78 is 0. The van der Waals surface area contributed by atoms with Crippen LogP contribution in [0.5, 0.6) is 0 Å². The van der Waals surface area contributed by atoms with E-state index in [1.54, 1.807) is 0 Å². The molecule has 2 heterocycles. The Kier molecular flexibility index (Phi) is 4.76. The van der Waals surface area contributed by atoms with E-state index in [1.807, 2.05) is 13.0 Å². The van der Waals surface area contributed by atoms with Gasteiger partial charge in [-0.25, -0.2) is 0 Å². The molecule has 0 aromatic carbocycles. The van der Waals surface area contributed by atoms with Gasteiger partial charge in [-0.05, 0) is 32.9 Å². The molecule has 0 saturated carbocycles. The quantitative estimate of drug-likeness (QED) is 0.729. The van der Waals surface area contributed by atoms with Crippen LogP contribution in [-0.2, 0) is 4.79 Å². The number of carbonyl (C=O) groups excluding carboxylic acids is 1. The van der Waals surface area contributed by atoms with Crippen molar-refractivity contribution in [2.24, 2.45) is 5.92 Å². The van der Waals surface area contributed by atoms with Gasteiger partial charge in [0.25, 0.3) is 0 Å². The number of carbonyl (C=O) groups is 1. The number of piperidine rings is 1. The summed E-state index contributed by atoms with van der Waals surface area (Å²) in [5.41, 5.74) is 0.954. The van der Waals surface area contributed by atoms with Gasteiger partial charge in [-0.2, -0.15) is 5.10 Å². The summed E-state index contributed by atoms with van der Waals surface area (Å²) in [4.78, 5) is 11.8. The highest BCUT2D eigenvalue weighted by Gasteiger charge is 2.21. The molecular weight excluding hydrogens is 228 g/mol. The van der Waals surface area contributed by atoms with Crippen LogP contribution in [0, 0.1) is 12.8 Å². The first-order valence-corrected chi connectivity index (χ1v) is 5.29. The van der Waals surface area contributed by atoms with E-state index < -0.39 is 0 Å². The highest BCUT2D eigenvalue weighted by Crippen LogP contribution is 2.14. The molecule has 90 valence electrons. The molecule has 1 aliphatic rings. The fourth-order valence-corrected chi connectivity index (χ4v) is 1.79. The molecule has 1 aromatic heterocycles. The maximum atomic E-state index is 11.8. The minimum atomic E-state index is 0. The second kappa shape index (κ2) is 5.86. The van der Waals surface area contributed by atoms with Gasteiger partial charge in [0.2, 0.25) is 5.91 Å². The topological polar surface area (TPSA) is 69.8 Å². The largest absolute Gasteiger partial charge is 0.317 e. The van der Waals surface area contributed by atoms with Crippen LogP contribution in [0.1, 0.15) is 18.5 Å². The first-order valence-electron chi connectivity index (χ1n) is 5.29. The zero-order valence-electron chi connectivity index (χ0n) is 9.25. The number of anilines is 1. The van der Waals surface area contributed by atoms with Crippen molar-refractivity contribution in [2.45, 2.75) is 19.8 Å². The van der Waals surface area contributed by atoms with Gasteiger partial charge in [-0.3, -0.25) is 9.89 Å². The Bertz CT molecular complexity index is 346. The number of nitrogens with zero attached hydrogens (tertiary/aromatic N) is 1. The zero-order valence-corrected chi connectivity index (χ0v) is 10.1. The molecule has 16 heavy (non-hydrogen) atoms. The number of rotatable bonds is 2. The third-order valence-corrected chi connectivity index (χ3v) is 2.67. The maximum absolute atomic E-state index is 11.8. The van der Waals surface area contributed by atoms with Gasteiger partial charge in [-0.1, -0.05) is 0 Å². The number of hydrogen-bond donors (Lipinski definition) is 3. The lowest BCUT2D eigenvalue weighted by Gasteiger charge is -2.21. The highest BCUT2D eigenvalue weighted by molar-refractivity contribution is 5.91. The molecule has 0 atom stereocenters. The number of nitrogens with one attached hydrogen (secondary N) is 3. The molecule has 5 nitrogen and oxygen atoms in total. The van der Waals surface area contributed by atoms with Gasteiger partial charge in [0.1, 0.15) is 0 Å². The standard InChI is InChI=1S/C10H16N4O.ClH/c1-7-6-9(14-13-7)12-10(15)8-2-4-11-5-3-8;/h6,8,11H,2-5H2,1H3,(H2,12,13,14,15);1H. The molecule has 1 aliphatic heterocycles. The molecule has 3 N–H and O–H groups in total. The van der Waals surface area contributed by atoms with Crippen molar-refractivity contribution in [3.8, 4) is 0 Å². The Morgan fingerprint density at radius 2 is 2.19 bits per heavy atom. The first kappa shape index (κ1) is 13.0. The Balaban J connectivity index is 0.00000128. The summed E-state index contributed by atoms with van der Waals surface area (Å²) in [6, 6.07) is 1.83. The fourth-order valence-electron chi connectivity index (χ4n) is 1.79. The van der Waals surface area contributed by atoms with Crippen LogP contribution in [0.4, 0.5) is 5.82 Å². The van der Waals surface area contributed by atoms with Gasteiger partial charge >= 0.3 is 0 Å². The molecule has 1 fully saturated rings. The van der Waals surface area contributed by atoms with Gasteiger partial charge in [-0.15, -0.1) is 12.4 Å². The van der Waals surface area contributed by atoms with E-state index >= 15 is 0 Å². The molecule has 1 amide bonds. The smallest absolute Gasteiger partial charge is 0.228 e. The molecule has 0 aliphatic carbocycles. The lowest BCUT2D eigenvalue weighted by atomic mass is 9.97. The number of H-pyrrole nitrogens is 1. The van der Waals surface area contributed by atoms with Crippen LogP contribution in [0.2, 0.25) is 0 Å². The number of amides is 1. The predicted molar refractivity (Wildman–Crippen MR) is 64.8 cm³/mol. The van der Waals surface area contributed by atoms with Crippen molar-refractivity contribution in [3.63, 3.8) is 0 Å². The van der Waals surface area contributed by atoms with E-state index in [0.29, 0.717) is 5.82 Å². The number of hydrogen-bond acceptors (Lipinski definition) is 3. The Morgan fingerprint density at radius 3 is 2.75 bits per heavy atom. The Morgan fingerprint density at radius 1 is 1.50 bits per heavy atom. The minimum absolute atomic E-state index is 0. The summed E-state index contributed by atoms with van der Waals surface area (Å²) in [7, 11) is 0. The highest BCUT2D eigenvalue weighted by atomic mass is 35.5. The zero-order chi connectivity index (χ0) is 10.7. The summed E-state index contributed by atoms with van der Waals surface area (Å²) in [5, 5.41) is 12.8. The number of aromatic nitrogens is 2. The first-order chi connectivity index (χ1) is 7.25. The van der Waals surface area contributed by atoms with Crippen LogP contribution >= 0.6 is 12.4 Å². The van der Waals surface area contributed by atoms with E-state index in [1.165, 1.54) is 0 Å². The number of halogens is 1. The molecule has 1 saturated heterocycles. The Hall–Kier alpha value is -1.07. The normalized spacial score (nSPS) is 16.6. The molecular formula is C10H17ClN4O. The molecule has 1 aromatic rings. The molecule has 2 rings (SSSR count). The van der Waals surface area contributed by atoms with Crippen molar-refractivity contribution in [1.29, 1.82) is 0 Å². The summed E-state index contributed by atoms with van der Waals surface area (Å²) in [6.07, 6.45) is 1.82. The average molecular weight is 245 g/mol. The van der Waals surface area contributed by atoms with E-state index in [2.05, 4.69) is 20.8 Å². The van der Waals surface area contributed by atoms with Crippen molar-refractivity contribution in [2.75, 3.05) is 18.4 Å². The molecule has 0 spiro atoms.